The van der Waals surface area contributed by atoms with E-state index in [9.17, 15) is 0 Å². The van der Waals surface area contributed by atoms with Crippen LogP contribution >= 0.6 is 0 Å². The van der Waals surface area contributed by atoms with Gasteiger partial charge in [-0.05, 0) is 95.1 Å². The third-order valence-electron chi connectivity index (χ3n) is 14.9. The van der Waals surface area contributed by atoms with Crippen LogP contribution in [0.3, 0.4) is 0 Å². The Balaban J connectivity index is 1.05. The lowest BCUT2D eigenvalue weighted by molar-refractivity contribution is 1.06. The molecule has 0 saturated carbocycles. The fourth-order valence-corrected chi connectivity index (χ4v) is 11.4. The molecule has 15 rings (SSSR count). The lowest BCUT2D eigenvalue weighted by Gasteiger charge is -2.19. The zero-order valence-corrected chi connectivity index (χ0v) is 40.6. The molecule has 0 saturated heterocycles. The highest BCUT2D eigenvalue weighted by Crippen LogP contribution is 2.43. The van der Waals surface area contributed by atoms with Gasteiger partial charge in [-0.15, -0.1) is 0 Å². The molecule has 0 aliphatic heterocycles. The minimum Gasteiger partial charge on any atom is -0.309 e. The summed E-state index contributed by atoms with van der Waals surface area (Å²) in [5, 5.41) is 7.13. The molecule has 4 heterocycles. The highest BCUT2D eigenvalue weighted by atomic mass is 15.1. The molecule has 4 aromatic heterocycles. The lowest BCUT2D eigenvalue weighted by atomic mass is 10.0. The molecule has 6 nitrogen and oxygen atoms in total. The third-order valence-corrected chi connectivity index (χ3v) is 14.9. The summed E-state index contributed by atoms with van der Waals surface area (Å²) >= 11 is 0. The van der Waals surface area contributed by atoms with Crippen molar-refractivity contribution in [3.8, 4) is 73.5 Å². The van der Waals surface area contributed by atoms with Crippen molar-refractivity contribution in [2.24, 2.45) is 0 Å². The van der Waals surface area contributed by atoms with E-state index in [1.807, 2.05) is 36.4 Å². The smallest absolute Gasteiger partial charge is 0.164 e. The Hall–Kier alpha value is -10.2. The molecule has 75 heavy (non-hydrogen) atoms. The summed E-state index contributed by atoms with van der Waals surface area (Å²) < 4.78 is 7.34. The molecule has 0 aliphatic carbocycles. The van der Waals surface area contributed by atoms with Gasteiger partial charge in [0.2, 0.25) is 0 Å². The quantitative estimate of drug-likeness (QED) is 0.152. The largest absolute Gasteiger partial charge is 0.309 e. The van der Waals surface area contributed by atoms with Gasteiger partial charge in [0.25, 0.3) is 0 Å². The Morgan fingerprint density at radius 2 is 0.573 bits per heavy atom. The molecule has 0 bridgehead atoms. The van der Waals surface area contributed by atoms with E-state index in [1.165, 1.54) is 43.7 Å². The van der Waals surface area contributed by atoms with E-state index in [1.54, 1.807) is 0 Å². The van der Waals surface area contributed by atoms with Crippen LogP contribution in [-0.4, -0.2) is 28.7 Å². The van der Waals surface area contributed by atoms with Crippen LogP contribution in [0.2, 0.25) is 0 Å². The Bertz CT molecular complexity index is 4480. The predicted octanol–water partition coefficient (Wildman–Crippen LogP) is 17.5. The van der Waals surface area contributed by atoms with Crippen molar-refractivity contribution in [2.45, 2.75) is 0 Å². The first-order valence-electron chi connectivity index (χ1n) is 25.4. The second-order valence-corrected chi connectivity index (χ2v) is 19.2. The van der Waals surface area contributed by atoms with Gasteiger partial charge < -0.3 is 13.7 Å². The predicted molar refractivity (Wildman–Crippen MR) is 310 cm³/mol. The average molecular weight is 957 g/mol. The van der Waals surface area contributed by atoms with E-state index in [0.29, 0.717) is 17.5 Å². The van der Waals surface area contributed by atoms with E-state index in [-0.39, 0.29) is 0 Å². The first-order chi connectivity index (χ1) is 37.2. The second-order valence-electron chi connectivity index (χ2n) is 19.2. The number of nitrogens with zero attached hydrogens (tertiary/aromatic N) is 6. The van der Waals surface area contributed by atoms with E-state index in [4.69, 9.17) is 15.0 Å². The summed E-state index contributed by atoms with van der Waals surface area (Å²) in [6, 6.07) is 95.6. The fourth-order valence-electron chi connectivity index (χ4n) is 11.4. The highest BCUT2D eigenvalue weighted by Gasteiger charge is 2.24. The number of hydrogen-bond donors (Lipinski definition) is 0. The molecule has 0 amide bonds. The molecule has 0 atom stereocenters. The van der Waals surface area contributed by atoms with Gasteiger partial charge in [0, 0.05) is 54.7 Å². The molecule has 0 spiro atoms. The number of aromatic nitrogens is 6. The van der Waals surface area contributed by atoms with E-state index in [0.717, 1.165) is 77.7 Å². The Labute approximate surface area is 432 Å². The highest BCUT2D eigenvalue weighted by molar-refractivity contribution is 6.14. The van der Waals surface area contributed by atoms with Gasteiger partial charge in [-0.2, -0.15) is 0 Å². The number of fused-ring (bicyclic) bond motifs is 9. The van der Waals surface area contributed by atoms with Gasteiger partial charge >= 0.3 is 0 Å². The summed E-state index contributed by atoms with van der Waals surface area (Å²) in [6.07, 6.45) is 0. The van der Waals surface area contributed by atoms with Crippen molar-refractivity contribution >= 4 is 65.4 Å². The van der Waals surface area contributed by atoms with Crippen LogP contribution in [0.1, 0.15) is 0 Å². The summed E-state index contributed by atoms with van der Waals surface area (Å²) in [5.74, 6) is 1.82. The standard InChI is InChI=1S/C69H44N6/c1-5-19-45(20-6-1)49-33-38-62-57(41-49)58-42-50(46-21-7-2-8-22-46)34-39-63(58)74(62)66-43-51(69-71-67(47-23-9-3-10-24-47)70-68(72-69)48-25-11-4-12-26-48)35-40-64(66)75-61-32-18-15-29-55(61)56-37-36-52(44-65(56)75)73-59-30-16-13-27-53(59)54-28-14-17-31-60(54)73/h1-44H. The molecule has 0 aliphatic rings. The third kappa shape index (κ3) is 6.99. The van der Waals surface area contributed by atoms with Crippen molar-refractivity contribution in [3.63, 3.8) is 0 Å². The molecule has 0 radical (unpaired) electrons. The van der Waals surface area contributed by atoms with Gasteiger partial charge in [-0.1, -0.05) is 194 Å². The second kappa shape index (κ2) is 17.3. The maximum atomic E-state index is 5.28. The normalized spacial score (nSPS) is 11.7. The van der Waals surface area contributed by atoms with Crippen LogP contribution in [0.15, 0.2) is 267 Å². The summed E-state index contributed by atoms with van der Waals surface area (Å²) in [4.78, 5) is 15.6. The molecule has 350 valence electrons. The summed E-state index contributed by atoms with van der Waals surface area (Å²) in [5.41, 5.74) is 17.2. The minimum atomic E-state index is 0.588. The molecular weight excluding hydrogens is 913 g/mol. The maximum Gasteiger partial charge on any atom is 0.164 e. The van der Waals surface area contributed by atoms with Gasteiger partial charge in [0.1, 0.15) is 0 Å². The zero-order valence-electron chi connectivity index (χ0n) is 40.6. The number of hydrogen-bond acceptors (Lipinski definition) is 3. The summed E-state index contributed by atoms with van der Waals surface area (Å²) in [7, 11) is 0. The number of rotatable bonds is 8. The van der Waals surface area contributed by atoms with Gasteiger partial charge in [0.15, 0.2) is 17.5 Å². The number of para-hydroxylation sites is 3. The van der Waals surface area contributed by atoms with Crippen molar-refractivity contribution in [3.05, 3.63) is 267 Å². The zero-order chi connectivity index (χ0) is 49.4. The maximum absolute atomic E-state index is 5.28. The minimum absolute atomic E-state index is 0.588. The Morgan fingerprint density at radius 1 is 0.200 bits per heavy atom. The molecule has 15 aromatic rings. The monoisotopic (exact) mass is 956 g/mol. The fraction of sp³-hybridized carbons (Fsp3) is 0. The Kier molecular flexibility index (Phi) is 9.78. The molecule has 0 fully saturated rings. The first-order valence-corrected chi connectivity index (χ1v) is 25.4. The number of benzene rings is 11. The van der Waals surface area contributed by atoms with Crippen LogP contribution in [0.4, 0.5) is 0 Å². The topological polar surface area (TPSA) is 53.5 Å². The average Bonchev–Trinajstić information content (AvgIpc) is 4.20. The van der Waals surface area contributed by atoms with E-state index >= 15 is 0 Å². The van der Waals surface area contributed by atoms with Gasteiger partial charge in [-0.25, -0.2) is 15.0 Å². The van der Waals surface area contributed by atoms with Crippen LogP contribution in [0, 0.1) is 0 Å². The SMILES string of the molecule is c1ccc(-c2ccc3c(c2)c2cc(-c4ccccc4)ccc2n3-c2cc(-c3nc(-c4ccccc4)nc(-c4ccccc4)n3)ccc2-n2c3ccccc3c3ccc(-n4c5ccccc5c5ccccc54)cc32)cc1. The molecule has 0 unspecified atom stereocenters. The molecule has 0 N–H and O–H groups in total. The van der Waals surface area contributed by atoms with E-state index in [2.05, 4.69) is 244 Å². The van der Waals surface area contributed by atoms with Crippen molar-refractivity contribution in [1.29, 1.82) is 0 Å². The summed E-state index contributed by atoms with van der Waals surface area (Å²) in [6.45, 7) is 0. The van der Waals surface area contributed by atoms with Crippen molar-refractivity contribution < 1.29 is 0 Å². The Morgan fingerprint density at radius 3 is 1.07 bits per heavy atom. The first kappa shape index (κ1) is 42.5. The molecule has 11 aromatic carbocycles. The van der Waals surface area contributed by atoms with Crippen LogP contribution in [0.25, 0.3) is 139 Å². The molecule has 6 heteroatoms. The van der Waals surface area contributed by atoms with Crippen LogP contribution in [0.5, 0.6) is 0 Å². The lowest BCUT2D eigenvalue weighted by Crippen LogP contribution is -2.05. The van der Waals surface area contributed by atoms with E-state index < -0.39 is 0 Å². The molecular formula is C69H44N6. The van der Waals surface area contributed by atoms with Gasteiger partial charge in [-0.3, -0.25) is 0 Å². The van der Waals surface area contributed by atoms with Crippen molar-refractivity contribution in [1.82, 2.24) is 28.7 Å². The van der Waals surface area contributed by atoms with Gasteiger partial charge in [0.05, 0.1) is 44.5 Å². The van der Waals surface area contributed by atoms with Crippen LogP contribution in [-0.2, 0) is 0 Å². The van der Waals surface area contributed by atoms with Crippen LogP contribution < -0.4 is 0 Å². The van der Waals surface area contributed by atoms with Crippen molar-refractivity contribution in [2.75, 3.05) is 0 Å².